The Balaban J connectivity index is 2.99. The van der Waals surface area contributed by atoms with Crippen LogP contribution in [0.5, 0.6) is 0 Å². The summed E-state index contributed by atoms with van der Waals surface area (Å²) < 4.78 is 2.68. The fraction of sp³-hybridized carbons (Fsp3) is 0.300. The van der Waals surface area contributed by atoms with E-state index in [1.807, 2.05) is 0 Å². The van der Waals surface area contributed by atoms with Crippen LogP contribution in [0.2, 0.25) is 0 Å². The first kappa shape index (κ1) is 11.6. The first-order valence-electron chi connectivity index (χ1n) is 4.94. The molecule has 0 amide bonds. The molecule has 0 aliphatic heterocycles. The van der Waals surface area contributed by atoms with Gasteiger partial charge in [-0.05, 0) is 13.0 Å². The molecule has 2 aromatic rings. The van der Waals surface area contributed by atoms with Crippen molar-refractivity contribution in [3.8, 4) is 0 Å². The summed E-state index contributed by atoms with van der Waals surface area (Å²) in [4.78, 5) is 34.6. The molecule has 90 valence electrons. The molecule has 0 saturated carbocycles. The first-order chi connectivity index (χ1) is 7.97. The van der Waals surface area contributed by atoms with Crippen LogP contribution in [0.4, 0.5) is 0 Å². The number of nitrogens with zero attached hydrogens (tertiary/aromatic N) is 2. The van der Waals surface area contributed by atoms with Gasteiger partial charge in [0.1, 0.15) is 9.58 Å². The number of aromatic nitrogens is 2. The summed E-state index contributed by atoms with van der Waals surface area (Å²) in [6, 6.07) is 1.35. The molecule has 0 aromatic carbocycles. The van der Waals surface area contributed by atoms with Crippen LogP contribution >= 0.6 is 11.3 Å². The number of hydrogen-bond donors (Lipinski definition) is 1. The van der Waals surface area contributed by atoms with Gasteiger partial charge in [0.2, 0.25) is 0 Å². The summed E-state index contributed by atoms with van der Waals surface area (Å²) in [5.41, 5.74) is -0.491. The zero-order valence-corrected chi connectivity index (χ0v) is 10.1. The van der Waals surface area contributed by atoms with Crippen LogP contribution in [0.1, 0.15) is 16.6 Å². The second-order valence-corrected chi connectivity index (χ2v) is 4.57. The Labute approximate surface area is 99.4 Å². The van der Waals surface area contributed by atoms with Crippen molar-refractivity contribution in [2.75, 3.05) is 0 Å². The van der Waals surface area contributed by atoms with Gasteiger partial charge in [-0.1, -0.05) is 0 Å². The van der Waals surface area contributed by atoms with Crippen LogP contribution in [-0.2, 0) is 13.6 Å². The standard InChI is InChI=1S/C10H10N2O4S/c1-3-12-8(13)7-5(11(2)10(12)16)4-6(17-7)9(14)15/h4H,3H2,1-2H3,(H,14,15). The van der Waals surface area contributed by atoms with Gasteiger partial charge in [-0.15, -0.1) is 11.3 Å². The molecule has 2 rings (SSSR count). The Kier molecular flexibility index (Phi) is 2.62. The molecule has 2 aromatic heterocycles. The van der Waals surface area contributed by atoms with Crippen LogP contribution in [0.3, 0.4) is 0 Å². The Morgan fingerprint density at radius 2 is 2.12 bits per heavy atom. The lowest BCUT2D eigenvalue weighted by molar-refractivity contribution is 0.0702. The normalized spacial score (nSPS) is 10.9. The number of carbonyl (C=O) groups is 1. The maximum Gasteiger partial charge on any atom is 0.345 e. The van der Waals surface area contributed by atoms with E-state index in [1.165, 1.54) is 17.7 Å². The number of aromatic carboxylic acids is 1. The molecule has 6 nitrogen and oxygen atoms in total. The van der Waals surface area contributed by atoms with Gasteiger partial charge in [-0.2, -0.15) is 0 Å². The molecule has 0 spiro atoms. The number of aryl methyl sites for hydroxylation is 1. The molecule has 7 heteroatoms. The van der Waals surface area contributed by atoms with Crippen LogP contribution in [0, 0.1) is 0 Å². The SMILES string of the molecule is CCn1c(=O)c2sc(C(=O)O)cc2n(C)c1=O. The average Bonchev–Trinajstić information content (AvgIpc) is 2.72. The van der Waals surface area contributed by atoms with Crippen LogP contribution in [-0.4, -0.2) is 20.2 Å². The summed E-state index contributed by atoms with van der Waals surface area (Å²) in [6.45, 7) is 1.96. The Hall–Kier alpha value is -1.89. The monoisotopic (exact) mass is 254 g/mol. The van der Waals surface area contributed by atoms with Gasteiger partial charge in [-0.3, -0.25) is 13.9 Å². The highest BCUT2D eigenvalue weighted by Gasteiger charge is 2.16. The molecular formula is C10H10N2O4S. The predicted octanol–water partition coefficient (Wildman–Crippen LogP) is 0.480. The predicted molar refractivity (Wildman–Crippen MR) is 64.0 cm³/mol. The van der Waals surface area contributed by atoms with Crippen molar-refractivity contribution in [1.29, 1.82) is 0 Å². The number of hydrogen-bond acceptors (Lipinski definition) is 4. The van der Waals surface area contributed by atoms with Crippen molar-refractivity contribution in [2.24, 2.45) is 7.05 Å². The summed E-state index contributed by atoms with van der Waals surface area (Å²) in [5, 5.41) is 8.88. The maximum atomic E-state index is 11.9. The zero-order chi connectivity index (χ0) is 12.7. The minimum atomic E-state index is -1.10. The van der Waals surface area contributed by atoms with Gasteiger partial charge in [0, 0.05) is 13.6 Å². The topological polar surface area (TPSA) is 81.3 Å². The van der Waals surface area contributed by atoms with Crippen LogP contribution in [0.15, 0.2) is 15.7 Å². The second kappa shape index (κ2) is 3.85. The molecule has 0 saturated heterocycles. The lowest BCUT2D eigenvalue weighted by atomic mass is 10.4. The summed E-state index contributed by atoms with van der Waals surface area (Å²) in [7, 11) is 1.52. The number of carboxylic acids is 1. The lowest BCUT2D eigenvalue weighted by Gasteiger charge is -2.04. The van der Waals surface area contributed by atoms with E-state index in [4.69, 9.17) is 5.11 Å². The summed E-state index contributed by atoms with van der Waals surface area (Å²) in [5.74, 6) is -1.10. The largest absolute Gasteiger partial charge is 0.477 e. The van der Waals surface area contributed by atoms with E-state index in [-0.39, 0.29) is 11.4 Å². The van der Waals surface area contributed by atoms with Gasteiger partial charge in [0.05, 0.1) is 5.52 Å². The van der Waals surface area contributed by atoms with E-state index in [2.05, 4.69) is 0 Å². The highest BCUT2D eigenvalue weighted by atomic mass is 32.1. The van der Waals surface area contributed by atoms with E-state index >= 15 is 0 Å². The first-order valence-corrected chi connectivity index (χ1v) is 5.75. The fourth-order valence-electron chi connectivity index (χ4n) is 1.66. The van der Waals surface area contributed by atoms with E-state index in [9.17, 15) is 14.4 Å². The van der Waals surface area contributed by atoms with Crippen molar-refractivity contribution in [1.82, 2.24) is 9.13 Å². The minimum absolute atomic E-state index is 0.0564. The third-order valence-electron chi connectivity index (χ3n) is 2.56. The van der Waals surface area contributed by atoms with Gasteiger partial charge in [-0.25, -0.2) is 9.59 Å². The van der Waals surface area contributed by atoms with Gasteiger partial charge < -0.3 is 5.11 Å². The highest BCUT2D eigenvalue weighted by molar-refractivity contribution is 7.20. The van der Waals surface area contributed by atoms with Crippen molar-refractivity contribution >= 4 is 27.5 Å². The number of thiophene rings is 1. The van der Waals surface area contributed by atoms with Gasteiger partial charge in [0.25, 0.3) is 5.56 Å². The molecule has 1 N–H and O–H groups in total. The Morgan fingerprint density at radius 1 is 1.47 bits per heavy atom. The molecule has 0 unspecified atom stereocenters. The summed E-state index contributed by atoms with van der Waals surface area (Å²) in [6.07, 6.45) is 0. The summed E-state index contributed by atoms with van der Waals surface area (Å²) >= 11 is 0.892. The molecule has 0 radical (unpaired) electrons. The minimum Gasteiger partial charge on any atom is -0.477 e. The Morgan fingerprint density at radius 3 is 2.65 bits per heavy atom. The van der Waals surface area contributed by atoms with Crippen molar-refractivity contribution in [2.45, 2.75) is 13.5 Å². The molecular weight excluding hydrogens is 244 g/mol. The van der Waals surface area contributed by atoms with E-state index in [0.717, 1.165) is 15.9 Å². The highest BCUT2D eigenvalue weighted by Crippen LogP contribution is 2.20. The molecule has 0 aliphatic rings. The number of carboxylic acid groups (broad SMARTS) is 1. The Bertz CT molecular complexity index is 722. The maximum absolute atomic E-state index is 11.9. The third-order valence-corrected chi connectivity index (χ3v) is 3.66. The van der Waals surface area contributed by atoms with Crippen molar-refractivity contribution in [3.63, 3.8) is 0 Å². The smallest absolute Gasteiger partial charge is 0.345 e. The zero-order valence-electron chi connectivity index (χ0n) is 9.26. The van der Waals surface area contributed by atoms with Crippen molar-refractivity contribution in [3.05, 3.63) is 31.8 Å². The van der Waals surface area contributed by atoms with Crippen molar-refractivity contribution < 1.29 is 9.90 Å². The van der Waals surface area contributed by atoms with Gasteiger partial charge >= 0.3 is 11.7 Å². The number of fused-ring (bicyclic) bond motifs is 1. The molecule has 0 atom stereocenters. The average molecular weight is 254 g/mol. The molecule has 0 bridgehead atoms. The molecule has 2 heterocycles. The molecule has 0 aliphatic carbocycles. The quantitative estimate of drug-likeness (QED) is 0.845. The van der Waals surface area contributed by atoms with E-state index in [0.29, 0.717) is 10.2 Å². The molecule has 0 fully saturated rings. The molecule has 17 heavy (non-hydrogen) atoms. The van der Waals surface area contributed by atoms with Crippen LogP contribution < -0.4 is 11.2 Å². The van der Waals surface area contributed by atoms with E-state index in [1.54, 1.807) is 6.92 Å². The lowest BCUT2D eigenvalue weighted by Crippen LogP contribution is -2.37. The van der Waals surface area contributed by atoms with Gasteiger partial charge in [0.15, 0.2) is 0 Å². The fourth-order valence-corrected chi connectivity index (χ4v) is 2.64. The van der Waals surface area contributed by atoms with Crippen LogP contribution in [0.25, 0.3) is 10.2 Å². The number of rotatable bonds is 2. The van der Waals surface area contributed by atoms with E-state index < -0.39 is 17.2 Å². The second-order valence-electron chi connectivity index (χ2n) is 3.52. The third kappa shape index (κ3) is 1.59.